The summed E-state index contributed by atoms with van der Waals surface area (Å²) in [7, 11) is 0. The van der Waals surface area contributed by atoms with E-state index in [0.29, 0.717) is 12.5 Å². The molecule has 3 aromatic heterocycles. The second kappa shape index (κ2) is 6.70. The van der Waals surface area contributed by atoms with Crippen LogP contribution in [0.25, 0.3) is 21.8 Å². The summed E-state index contributed by atoms with van der Waals surface area (Å²) in [5.74, 6) is 1.33. The maximum Gasteiger partial charge on any atom is 0.229 e. The first-order valence-corrected chi connectivity index (χ1v) is 9.09. The predicted molar refractivity (Wildman–Crippen MR) is 112 cm³/mol. The van der Waals surface area contributed by atoms with Crippen molar-refractivity contribution in [2.24, 2.45) is 0 Å². The van der Waals surface area contributed by atoms with E-state index in [0.717, 1.165) is 33.6 Å². The fraction of sp³-hybridized carbons (Fsp3) is 0.0952. The lowest BCUT2D eigenvalue weighted by atomic mass is 10.1. The first-order chi connectivity index (χ1) is 13.7. The number of nitrogens with one attached hydrogen (secondary N) is 4. The molecule has 5 rings (SSSR count). The molecule has 0 atom stereocenters. The minimum atomic E-state index is 0.553. The average Bonchev–Trinajstić information content (AvgIpc) is 3.35. The van der Waals surface area contributed by atoms with Crippen LogP contribution >= 0.6 is 0 Å². The first kappa shape index (κ1) is 16.3. The summed E-state index contributed by atoms with van der Waals surface area (Å²) in [4.78, 5) is 12.3. The van der Waals surface area contributed by atoms with Crippen molar-refractivity contribution < 1.29 is 0 Å². The van der Waals surface area contributed by atoms with Crippen LogP contribution in [0.3, 0.4) is 0 Å². The Bertz CT molecular complexity index is 1270. The number of aromatic amines is 2. The number of benzene rings is 2. The van der Waals surface area contributed by atoms with Gasteiger partial charge in [-0.2, -0.15) is 10.1 Å². The van der Waals surface area contributed by atoms with Crippen molar-refractivity contribution in [1.29, 1.82) is 0 Å². The van der Waals surface area contributed by atoms with Gasteiger partial charge in [0.05, 0.1) is 17.4 Å². The molecule has 0 radical (unpaired) electrons. The van der Waals surface area contributed by atoms with E-state index in [-0.39, 0.29) is 0 Å². The van der Waals surface area contributed by atoms with Gasteiger partial charge in [0.1, 0.15) is 5.82 Å². The maximum absolute atomic E-state index is 4.62. The van der Waals surface area contributed by atoms with Crippen LogP contribution in [0.5, 0.6) is 0 Å². The molecule has 28 heavy (non-hydrogen) atoms. The molecule has 0 amide bonds. The molecule has 0 unspecified atom stereocenters. The molecular weight excluding hydrogens is 350 g/mol. The number of fused-ring (bicyclic) bond motifs is 2. The number of aryl methyl sites for hydroxylation is 1. The molecule has 0 bridgehead atoms. The second-order valence-electron chi connectivity index (χ2n) is 6.73. The fourth-order valence-corrected chi connectivity index (χ4v) is 3.32. The van der Waals surface area contributed by atoms with Gasteiger partial charge in [-0.3, -0.25) is 5.10 Å². The Morgan fingerprint density at radius 2 is 1.96 bits per heavy atom. The zero-order chi connectivity index (χ0) is 18.9. The van der Waals surface area contributed by atoms with Gasteiger partial charge in [-0.25, -0.2) is 4.98 Å². The molecule has 4 N–H and O–H groups in total. The lowest BCUT2D eigenvalue weighted by Gasteiger charge is -2.11. The van der Waals surface area contributed by atoms with Gasteiger partial charge in [0.25, 0.3) is 0 Å². The molecule has 0 aliphatic rings. The van der Waals surface area contributed by atoms with Gasteiger partial charge >= 0.3 is 0 Å². The lowest BCUT2D eigenvalue weighted by molar-refractivity contribution is 1.06. The molecule has 7 heteroatoms. The summed E-state index contributed by atoms with van der Waals surface area (Å²) in [6.45, 7) is 2.65. The molecular formula is C21H19N7. The molecule has 3 heterocycles. The van der Waals surface area contributed by atoms with Crippen molar-refractivity contribution in [2.75, 3.05) is 10.6 Å². The Morgan fingerprint density at radius 1 is 1.00 bits per heavy atom. The Morgan fingerprint density at radius 3 is 2.93 bits per heavy atom. The van der Waals surface area contributed by atoms with E-state index in [1.807, 2.05) is 37.4 Å². The van der Waals surface area contributed by atoms with Gasteiger partial charge in [0.15, 0.2) is 0 Å². The first-order valence-electron chi connectivity index (χ1n) is 9.09. The highest BCUT2D eigenvalue weighted by Gasteiger charge is 2.07. The Labute approximate surface area is 161 Å². The van der Waals surface area contributed by atoms with E-state index in [1.165, 1.54) is 10.9 Å². The summed E-state index contributed by atoms with van der Waals surface area (Å²) in [6, 6.07) is 16.3. The number of rotatable bonds is 5. The normalized spacial score (nSPS) is 11.2. The van der Waals surface area contributed by atoms with E-state index in [9.17, 15) is 0 Å². The largest absolute Gasteiger partial charge is 0.366 e. The zero-order valence-electron chi connectivity index (χ0n) is 15.3. The second-order valence-corrected chi connectivity index (χ2v) is 6.73. The number of hydrogen-bond acceptors (Lipinski definition) is 5. The highest BCUT2D eigenvalue weighted by atomic mass is 15.2. The van der Waals surface area contributed by atoms with Crippen LogP contribution < -0.4 is 10.6 Å². The topological polar surface area (TPSA) is 94.3 Å². The summed E-state index contributed by atoms with van der Waals surface area (Å²) in [5.41, 5.74) is 5.11. The molecule has 0 fully saturated rings. The van der Waals surface area contributed by atoms with E-state index in [1.54, 1.807) is 6.20 Å². The Hall–Kier alpha value is -3.87. The molecule has 0 aliphatic heterocycles. The molecule has 5 aromatic rings. The van der Waals surface area contributed by atoms with Crippen molar-refractivity contribution in [3.63, 3.8) is 0 Å². The van der Waals surface area contributed by atoms with E-state index < -0.39 is 0 Å². The van der Waals surface area contributed by atoms with Crippen LogP contribution in [0.2, 0.25) is 0 Å². The lowest BCUT2D eigenvalue weighted by Crippen LogP contribution is -2.05. The standard InChI is InChI=1S/C21H19N7/c1-13-9-20(23-11-14-5-6-17-15(10-14)7-8-22-17)27-21(25-13)26-18-3-2-4-19-16(18)12-24-28-19/h2-10,12,22H,11H2,1H3,(H,24,28)(H2,23,25,26,27). The van der Waals surface area contributed by atoms with E-state index in [4.69, 9.17) is 0 Å². The highest BCUT2D eigenvalue weighted by molar-refractivity contribution is 5.92. The van der Waals surface area contributed by atoms with Crippen molar-refractivity contribution >= 4 is 39.3 Å². The maximum atomic E-state index is 4.62. The number of hydrogen-bond donors (Lipinski definition) is 4. The number of nitrogens with zero attached hydrogens (tertiary/aromatic N) is 3. The minimum Gasteiger partial charge on any atom is -0.366 e. The fourth-order valence-electron chi connectivity index (χ4n) is 3.32. The number of aromatic nitrogens is 5. The van der Waals surface area contributed by atoms with E-state index in [2.05, 4.69) is 60.0 Å². The molecule has 0 saturated heterocycles. The zero-order valence-corrected chi connectivity index (χ0v) is 15.3. The van der Waals surface area contributed by atoms with Crippen LogP contribution in [0.15, 0.2) is 60.9 Å². The van der Waals surface area contributed by atoms with Crippen molar-refractivity contribution in [3.05, 3.63) is 72.2 Å². The smallest absolute Gasteiger partial charge is 0.229 e. The predicted octanol–water partition coefficient (Wildman–Crippen LogP) is 4.50. The third kappa shape index (κ3) is 3.14. The van der Waals surface area contributed by atoms with Gasteiger partial charge in [-0.15, -0.1) is 0 Å². The number of H-pyrrole nitrogens is 2. The van der Waals surface area contributed by atoms with Crippen LogP contribution in [-0.2, 0) is 6.54 Å². The van der Waals surface area contributed by atoms with Gasteiger partial charge in [-0.05, 0) is 48.2 Å². The molecule has 2 aromatic carbocycles. The van der Waals surface area contributed by atoms with Gasteiger partial charge in [0, 0.05) is 35.4 Å². The molecule has 138 valence electrons. The van der Waals surface area contributed by atoms with Gasteiger partial charge in [-0.1, -0.05) is 12.1 Å². The number of anilines is 3. The summed E-state index contributed by atoms with van der Waals surface area (Å²) >= 11 is 0. The third-order valence-electron chi connectivity index (χ3n) is 4.68. The van der Waals surface area contributed by atoms with Gasteiger partial charge < -0.3 is 15.6 Å². The third-order valence-corrected chi connectivity index (χ3v) is 4.68. The molecule has 0 saturated carbocycles. The van der Waals surface area contributed by atoms with Crippen LogP contribution in [0.4, 0.5) is 17.5 Å². The van der Waals surface area contributed by atoms with Crippen molar-refractivity contribution in [1.82, 2.24) is 25.1 Å². The van der Waals surface area contributed by atoms with Crippen LogP contribution in [-0.4, -0.2) is 25.1 Å². The summed E-state index contributed by atoms with van der Waals surface area (Å²) in [6.07, 6.45) is 3.75. The molecule has 0 spiro atoms. The quantitative estimate of drug-likeness (QED) is 0.366. The molecule has 0 aliphatic carbocycles. The van der Waals surface area contributed by atoms with Crippen molar-refractivity contribution in [2.45, 2.75) is 13.5 Å². The average molecular weight is 369 g/mol. The Balaban J connectivity index is 1.37. The van der Waals surface area contributed by atoms with Crippen LogP contribution in [0.1, 0.15) is 11.3 Å². The summed E-state index contributed by atoms with van der Waals surface area (Å²) in [5, 5.41) is 16.0. The van der Waals surface area contributed by atoms with E-state index >= 15 is 0 Å². The van der Waals surface area contributed by atoms with Gasteiger partial charge in [0.2, 0.25) is 5.95 Å². The van der Waals surface area contributed by atoms with Crippen LogP contribution in [0, 0.1) is 6.92 Å². The minimum absolute atomic E-state index is 0.553. The Kier molecular flexibility index (Phi) is 3.90. The van der Waals surface area contributed by atoms with Crippen molar-refractivity contribution in [3.8, 4) is 0 Å². The molecule has 7 nitrogen and oxygen atoms in total. The SMILES string of the molecule is Cc1cc(NCc2ccc3[nH]ccc3c2)nc(Nc2cccc3[nH]ncc23)n1. The highest BCUT2D eigenvalue weighted by Crippen LogP contribution is 2.24. The monoisotopic (exact) mass is 369 g/mol. The summed E-state index contributed by atoms with van der Waals surface area (Å²) < 4.78 is 0.